The minimum absolute atomic E-state index is 0.0689. The topological polar surface area (TPSA) is 82.3 Å². The van der Waals surface area contributed by atoms with Gasteiger partial charge >= 0.3 is 0 Å². The lowest BCUT2D eigenvalue weighted by Crippen LogP contribution is -2.20. The van der Waals surface area contributed by atoms with Crippen LogP contribution in [-0.2, 0) is 4.74 Å². The highest BCUT2D eigenvalue weighted by atomic mass is 16.5. The van der Waals surface area contributed by atoms with Crippen LogP contribution in [0.4, 0.5) is 5.82 Å². The molecule has 6 nitrogen and oxygen atoms in total. The van der Waals surface area contributed by atoms with Gasteiger partial charge in [0, 0.05) is 19.1 Å². The summed E-state index contributed by atoms with van der Waals surface area (Å²) >= 11 is 0. The van der Waals surface area contributed by atoms with Gasteiger partial charge in [0.1, 0.15) is 17.7 Å². The highest BCUT2D eigenvalue weighted by molar-refractivity contribution is 5.37. The molecule has 0 aromatic carbocycles. The number of hydrazine groups is 1. The Morgan fingerprint density at radius 2 is 2.06 bits per heavy atom. The van der Waals surface area contributed by atoms with Crippen molar-refractivity contribution in [1.29, 1.82) is 0 Å². The van der Waals surface area contributed by atoms with Crippen LogP contribution < -0.4 is 16.0 Å². The number of anilines is 1. The zero-order valence-corrected chi connectivity index (χ0v) is 10.7. The van der Waals surface area contributed by atoms with Gasteiger partial charge in [-0.3, -0.25) is 0 Å². The van der Waals surface area contributed by atoms with E-state index in [1.165, 1.54) is 0 Å². The van der Waals surface area contributed by atoms with Crippen molar-refractivity contribution in [3.8, 4) is 5.88 Å². The molecule has 0 radical (unpaired) electrons. The summed E-state index contributed by atoms with van der Waals surface area (Å²) in [7, 11) is 1.63. The SMILES string of the molecule is COCC(C)Oc1cc(NN)nc(C(C)C)n1. The van der Waals surface area contributed by atoms with E-state index in [1.54, 1.807) is 13.2 Å². The lowest BCUT2D eigenvalue weighted by atomic mass is 10.2. The Kier molecular flexibility index (Phi) is 5.11. The number of hydrogen-bond donors (Lipinski definition) is 2. The van der Waals surface area contributed by atoms with E-state index < -0.39 is 0 Å². The van der Waals surface area contributed by atoms with Crippen LogP contribution in [0.15, 0.2) is 6.07 Å². The van der Waals surface area contributed by atoms with Gasteiger partial charge in [0.2, 0.25) is 5.88 Å². The second kappa shape index (κ2) is 6.36. The number of methoxy groups -OCH3 is 1. The second-order valence-corrected chi connectivity index (χ2v) is 4.13. The van der Waals surface area contributed by atoms with Crippen molar-refractivity contribution in [3.63, 3.8) is 0 Å². The van der Waals surface area contributed by atoms with Gasteiger partial charge in [0.15, 0.2) is 0 Å². The molecule has 0 aliphatic rings. The van der Waals surface area contributed by atoms with Crippen LogP contribution in [0.3, 0.4) is 0 Å². The average molecular weight is 240 g/mol. The molecular weight excluding hydrogens is 220 g/mol. The van der Waals surface area contributed by atoms with E-state index in [-0.39, 0.29) is 12.0 Å². The molecule has 0 bridgehead atoms. The normalized spacial score (nSPS) is 12.6. The van der Waals surface area contributed by atoms with Gasteiger partial charge < -0.3 is 14.9 Å². The first-order valence-electron chi connectivity index (χ1n) is 5.58. The first kappa shape index (κ1) is 13.7. The van der Waals surface area contributed by atoms with Crippen molar-refractivity contribution in [2.75, 3.05) is 19.1 Å². The molecule has 6 heteroatoms. The molecular formula is C11H20N4O2. The fourth-order valence-electron chi connectivity index (χ4n) is 1.31. The molecule has 1 aromatic rings. The predicted molar refractivity (Wildman–Crippen MR) is 65.9 cm³/mol. The molecule has 0 aliphatic heterocycles. The molecule has 1 atom stereocenters. The third-order valence-electron chi connectivity index (χ3n) is 2.11. The van der Waals surface area contributed by atoms with E-state index in [0.29, 0.717) is 24.1 Å². The molecule has 1 rings (SSSR count). The Labute approximate surface area is 102 Å². The molecule has 3 N–H and O–H groups in total. The number of nitrogen functional groups attached to an aromatic ring is 1. The number of aromatic nitrogens is 2. The number of nitrogens with zero attached hydrogens (tertiary/aromatic N) is 2. The Bertz CT molecular complexity index is 357. The molecule has 1 heterocycles. The Hall–Kier alpha value is -1.40. The third kappa shape index (κ3) is 4.16. The highest BCUT2D eigenvalue weighted by Gasteiger charge is 2.10. The molecule has 0 amide bonds. The molecule has 0 spiro atoms. The van der Waals surface area contributed by atoms with E-state index in [9.17, 15) is 0 Å². The summed E-state index contributed by atoms with van der Waals surface area (Å²) in [6.45, 7) is 6.44. The maximum atomic E-state index is 5.62. The van der Waals surface area contributed by atoms with Gasteiger partial charge in [0.25, 0.3) is 0 Å². The minimum atomic E-state index is -0.0689. The second-order valence-electron chi connectivity index (χ2n) is 4.13. The van der Waals surface area contributed by atoms with Gasteiger partial charge in [-0.2, -0.15) is 4.98 Å². The van der Waals surface area contributed by atoms with Gasteiger partial charge in [-0.1, -0.05) is 13.8 Å². The van der Waals surface area contributed by atoms with Crippen LogP contribution in [0.5, 0.6) is 5.88 Å². The summed E-state index contributed by atoms with van der Waals surface area (Å²) in [5.74, 6) is 7.31. The van der Waals surface area contributed by atoms with E-state index in [2.05, 4.69) is 15.4 Å². The smallest absolute Gasteiger partial charge is 0.219 e. The maximum Gasteiger partial charge on any atom is 0.219 e. The number of hydrogen-bond acceptors (Lipinski definition) is 6. The van der Waals surface area contributed by atoms with Crippen LogP contribution in [0, 0.1) is 0 Å². The molecule has 0 saturated carbocycles. The van der Waals surface area contributed by atoms with Crippen LogP contribution in [0.2, 0.25) is 0 Å². The predicted octanol–water partition coefficient (Wildman–Crippen LogP) is 1.30. The van der Waals surface area contributed by atoms with E-state index >= 15 is 0 Å². The number of nitrogens with two attached hydrogens (primary N) is 1. The summed E-state index contributed by atoms with van der Waals surface area (Å²) in [6.07, 6.45) is -0.0689. The molecule has 96 valence electrons. The quantitative estimate of drug-likeness (QED) is 0.576. The molecule has 1 unspecified atom stereocenters. The molecule has 0 fully saturated rings. The van der Waals surface area contributed by atoms with Crippen LogP contribution >= 0.6 is 0 Å². The standard InChI is InChI=1S/C11H20N4O2/c1-7(2)11-13-9(15-12)5-10(14-11)17-8(3)6-16-4/h5,7-8H,6,12H2,1-4H3,(H,13,14,15). The maximum absolute atomic E-state index is 5.62. The zero-order chi connectivity index (χ0) is 12.8. The van der Waals surface area contributed by atoms with E-state index in [1.807, 2.05) is 20.8 Å². The molecule has 0 aliphatic carbocycles. The summed E-state index contributed by atoms with van der Waals surface area (Å²) in [5.41, 5.74) is 2.51. The number of nitrogens with one attached hydrogen (secondary N) is 1. The summed E-state index contributed by atoms with van der Waals surface area (Å²) in [4.78, 5) is 8.56. The Balaban J connectivity index is 2.87. The van der Waals surface area contributed by atoms with Crippen LogP contribution in [0.1, 0.15) is 32.5 Å². The summed E-state index contributed by atoms with van der Waals surface area (Å²) in [5, 5.41) is 0. The van der Waals surface area contributed by atoms with Gasteiger partial charge in [0.05, 0.1) is 6.61 Å². The largest absolute Gasteiger partial charge is 0.472 e. The zero-order valence-electron chi connectivity index (χ0n) is 10.7. The van der Waals surface area contributed by atoms with Gasteiger partial charge in [-0.25, -0.2) is 10.8 Å². The monoisotopic (exact) mass is 240 g/mol. The summed E-state index contributed by atoms with van der Waals surface area (Å²) < 4.78 is 10.6. The van der Waals surface area contributed by atoms with Crippen molar-refractivity contribution in [3.05, 3.63) is 11.9 Å². The van der Waals surface area contributed by atoms with E-state index in [0.717, 1.165) is 0 Å². The lowest BCUT2D eigenvalue weighted by molar-refractivity contribution is 0.0887. The van der Waals surface area contributed by atoms with Crippen molar-refractivity contribution in [2.24, 2.45) is 5.84 Å². The van der Waals surface area contributed by atoms with Crippen molar-refractivity contribution in [1.82, 2.24) is 9.97 Å². The molecule has 17 heavy (non-hydrogen) atoms. The fraction of sp³-hybridized carbons (Fsp3) is 0.636. The van der Waals surface area contributed by atoms with Gasteiger partial charge in [-0.15, -0.1) is 0 Å². The first-order chi connectivity index (χ1) is 8.06. The van der Waals surface area contributed by atoms with Crippen molar-refractivity contribution in [2.45, 2.75) is 32.8 Å². The van der Waals surface area contributed by atoms with Crippen LogP contribution in [0.25, 0.3) is 0 Å². The number of ether oxygens (including phenoxy) is 2. The lowest BCUT2D eigenvalue weighted by Gasteiger charge is -2.15. The molecule has 1 aromatic heterocycles. The van der Waals surface area contributed by atoms with Gasteiger partial charge in [-0.05, 0) is 6.92 Å². The Morgan fingerprint density at radius 3 is 2.59 bits per heavy atom. The Morgan fingerprint density at radius 1 is 1.35 bits per heavy atom. The van der Waals surface area contributed by atoms with Crippen molar-refractivity contribution >= 4 is 5.82 Å². The highest BCUT2D eigenvalue weighted by Crippen LogP contribution is 2.18. The summed E-state index contributed by atoms with van der Waals surface area (Å²) in [6, 6.07) is 1.66. The fourth-order valence-corrected chi connectivity index (χ4v) is 1.31. The first-order valence-corrected chi connectivity index (χ1v) is 5.58. The minimum Gasteiger partial charge on any atom is -0.472 e. The van der Waals surface area contributed by atoms with E-state index in [4.69, 9.17) is 15.3 Å². The number of rotatable bonds is 6. The van der Waals surface area contributed by atoms with Crippen LogP contribution in [-0.4, -0.2) is 29.8 Å². The molecule has 0 saturated heterocycles. The van der Waals surface area contributed by atoms with Crippen molar-refractivity contribution < 1.29 is 9.47 Å². The third-order valence-corrected chi connectivity index (χ3v) is 2.11. The average Bonchev–Trinajstić information content (AvgIpc) is 2.28.